The number of carbonyl (C=O) groups excluding carboxylic acids is 3. The second-order valence-electron chi connectivity index (χ2n) is 30.0. The number of phosphoric acid groups is 2. The van der Waals surface area contributed by atoms with Crippen LogP contribution in [0.3, 0.4) is 0 Å². The van der Waals surface area contributed by atoms with Gasteiger partial charge in [-0.25, -0.2) is 9.13 Å². The largest absolute Gasteiger partial charge is 0.472 e. The smallest absolute Gasteiger partial charge is 0.463 e. The van der Waals surface area contributed by atoms with Gasteiger partial charge in [0.25, 0.3) is 0 Å². The number of rotatable bonds is 85. The molecule has 0 spiro atoms. The van der Waals surface area contributed by atoms with Crippen LogP contribution >= 0.6 is 15.6 Å². The van der Waals surface area contributed by atoms with Gasteiger partial charge in [-0.05, 0) is 154 Å². The van der Waals surface area contributed by atoms with Crippen molar-refractivity contribution in [2.75, 3.05) is 39.6 Å². The number of esters is 3. The Kier molecular flexibility index (Phi) is 84.3. The molecule has 0 radical (unpaired) electrons. The summed E-state index contributed by atoms with van der Waals surface area (Å²) in [6.07, 6.45) is 114. The molecule has 0 bridgehead atoms. The molecular formula is C97H164O16P2. The van der Waals surface area contributed by atoms with Gasteiger partial charge in [0.1, 0.15) is 25.4 Å². The Labute approximate surface area is 701 Å². The van der Waals surface area contributed by atoms with E-state index >= 15 is 0 Å². The number of aliphatic hydroxyl groups is 2. The molecular weight excluding hydrogens is 1480 g/mol. The molecule has 0 fully saturated rings. The second-order valence-corrected chi connectivity index (χ2v) is 32.9. The van der Waals surface area contributed by atoms with E-state index < -0.39 is 91.5 Å². The van der Waals surface area contributed by atoms with Crippen molar-refractivity contribution in [3.8, 4) is 0 Å². The molecule has 0 aliphatic heterocycles. The van der Waals surface area contributed by atoms with Gasteiger partial charge in [0.2, 0.25) is 0 Å². The molecule has 0 saturated carbocycles. The van der Waals surface area contributed by atoms with Crippen molar-refractivity contribution >= 4 is 33.6 Å². The van der Waals surface area contributed by atoms with E-state index in [1.165, 1.54) is 135 Å². The zero-order valence-electron chi connectivity index (χ0n) is 72.4. The lowest BCUT2D eigenvalue weighted by Crippen LogP contribution is -2.30. The Morgan fingerprint density at radius 2 is 0.461 bits per heavy atom. The first-order chi connectivity index (χ1) is 56.2. The van der Waals surface area contributed by atoms with Crippen LogP contribution in [0, 0.1) is 0 Å². The highest BCUT2D eigenvalue weighted by Crippen LogP contribution is 2.45. The fourth-order valence-electron chi connectivity index (χ4n) is 12.1. The summed E-state index contributed by atoms with van der Waals surface area (Å²) in [5, 5.41) is 20.7. The lowest BCUT2D eigenvalue weighted by atomic mass is 10.0. The number of carbonyl (C=O) groups is 3. The number of ether oxygens (including phenoxy) is 3. The van der Waals surface area contributed by atoms with E-state index in [1.54, 1.807) is 0 Å². The Balaban J connectivity index is 4.46. The van der Waals surface area contributed by atoms with Gasteiger partial charge in [0, 0.05) is 19.3 Å². The van der Waals surface area contributed by atoms with Gasteiger partial charge in [0.05, 0.1) is 26.4 Å². The van der Waals surface area contributed by atoms with E-state index in [0.717, 1.165) is 173 Å². The summed E-state index contributed by atoms with van der Waals surface area (Å²) >= 11 is 0. The number of phosphoric ester groups is 2. The van der Waals surface area contributed by atoms with Crippen LogP contribution < -0.4 is 0 Å². The molecule has 0 aliphatic rings. The van der Waals surface area contributed by atoms with E-state index in [0.29, 0.717) is 19.3 Å². The maximum atomic E-state index is 13.0. The fraction of sp³-hybridized carbons (Fsp3) is 0.680. The third-order valence-corrected chi connectivity index (χ3v) is 20.8. The Morgan fingerprint density at radius 3 is 0.730 bits per heavy atom. The summed E-state index contributed by atoms with van der Waals surface area (Å²) in [5.41, 5.74) is 0. The molecule has 4 N–H and O–H groups in total. The first kappa shape index (κ1) is 110. The molecule has 115 heavy (non-hydrogen) atoms. The van der Waals surface area contributed by atoms with Crippen molar-refractivity contribution < 1.29 is 75.8 Å². The maximum absolute atomic E-state index is 13.0. The second kappa shape index (κ2) is 88.2. The fourth-order valence-corrected chi connectivity index (χ4v) is 13.7. The number of allylic oxidation sites excluding steroid dienone is 28. The van der Waals surface area contributed by atoms with Gasteiger partial charge < -0.3 is 34.2 Å². The average Bonchev–Trinajstić information content (AvgIpc) is 0.902. The zero-order valence-corrected chi connectivity index (χ0v) is 74.2. The highest BCUT2D eigenvalue weighted by molar-refractivity contribution is 7.47. The third kappa shape index (κ3) is 89.5. The number of unbranched alkanes of at least 4 members (excludes halogenated alkanes) is 34. The average molecular weight is 1650 g/mol. The minimum Gasteiger partial charge on any atom is -0.463 e. The Morgan fingerprint density at radius 1 is 0.252 bits per heavy atom. The van der Waals surface area contributed by atoms with E-state index in [4.69, 9.17) is 32.3 Å². The SMILES string of the molecule is CC/C=C\C/C=C\C/C=C\C/C=C\C/C=C\C/C=C\CCCCCCCCCCCCCCCCCCC(=O)OCC(O)COP(=O)(O)OCC(O)COP(=O)(O)OCC(COC(=O)CCCCCCCCCCCC/C=C\C/C=C\C/C=C\C/C=C\C/C=C\C/C=C\CC)OC(=O)CCCCCCC/C=C\C/C=C\CCCCC. The predicted molar refractivity (Wildman–Crippen MR) is 482 cm³/mol. The minimum absolute atomic E-state index is 0.0845. The lowest BCUT2D eigenvalue weighted by molar-refractivity contribution is -0.161. The number of hydrogen-bond acceptors (Lipinski definition) is 14. The van der Waals surface area contributed by atoms with Crippen molar-refractivity contribution in [1.29, 1.82) is 0 Å². The highest BCUT2D eigenvalue weighted by Gasteiger charge is 2.29. The van der Waals surface area contributed by atoms with Gasteiger partial charge in [0.15, 0.2) is 6.10 Å². The third-order valence-electron chi connectivity index (χ3n) is 18.9. The first-order valence-corrected chi connectivity index (χ1v) is 48.4. The number of aliphatic hydroxyl groups excluding tert-OH is 2. The molecule has 5 unspecified atom stereocenters. The van der Waals surface area contributed by atoms with Crippen LogP contribution in [-0.4, -0.2) is 95.9 Å². The normalized spacial score (nSPS) is 14.6. The van der Waals surface area contributed by atoms with Gasteiger partial charge in [-0.3, -0.25) is 32.5 Å². The molecule has 0 rings (SSSR count). The van der Waals surface area contributed by atoms with E-state index in [9.17, 15) is 43.5 Å². The van der Waals surface area contributed by atoms with Crippen LogP contribution in [0.4, 0.5) is 0 Å². The molecule has 0 amide bonds. The van der Waals surface area contributed by atoms with Crippen LogP contribution in [0.2, 0.25) is 0 Å². The molecule has 0 aliphatic carbocycles. The quantitative estimate of drug-likeness (QED) is 0.0146. The Bertz CT molecular complexity index is 2770. The summed E-state index contributed by atoms with van der Waals surface area (Å²) < 4.78 is 61.4. The van der Waals surface area contributed by atoms with Crippen molar-refractivity contribution in [3.05, 3.63) is 170 Å². The summed E-state index contributed by atoms with van der Waals surface area (Å²) in [4.78, 5) is 58.9. The van der Waals surface area contributed by atoms with E-state index in [1.807, 2.05) is 0 Å². The summed E-state index contributed by atoms with van der Waals surface area (Å²) in [6.45, 7) is 2.44. The van der Waals surface area contributed by atoms with Crippen molar-refractivity contribution in [1.82, 2.24) is 0 Å². The van der Waals surface area contributed by atoms with Crippen molar-refractivity contribution in [3.63, 3.8) is 0 Å². The van der Waals surface area contributed by atoms with Crippen LogP contribution in [0.1, 0.15) is 367 Å². The van der Waals surface area contributed by atoms with E-state index in [-0.39, 0.29) is 19.3 Å². The molecule has 0 aromatic carbocycles. The Hall–Kier alpha value is -5.09. The molecule has 18 heteroatoms. The lowest BCUT2D eigenvalue weighted by Gasteiger charge is -2.21. The zero-order chi connectivity index (χ0) is 83.6. The van der Waals surface area contributed by atoms with Crippen molar-refractivity contribution in [2.45, 2.75) is 386 Å². The molecule has 0 aromatic rings. The maximum Gasteiger partial charge on any atom is 0.472 e. The topological polar surface area (TPSA) is 231 Å². The molecule has 0 aromatic heterocycles. The summed E-state index contributed by atoms with van der Waals surface area (Å²) in [6, 6.07) is 0. The van der Waals surface area contributed by atoms with Gasteiger partial charge in [-0.15, -0.1) is 0 Å². The number of hydrogen-bond donors (Lipinski definition) is 4. The standard InChI is InChI=1S/C97H164O16P2/c1-4-7-10-13-16-19-22-25-28-30-32-34-36-38-40-42-43-44-45-46-47-49-51-52-54-56-58-60-63-65-68-71-74-77-80-83-95(100)107-86-92(98)87-109-114(103,104)110-88-93(99)89-111-115(105,106)112-91-94(113-97(102)85-82-79-76-73-70-67-62-27-24-21-18-15-12-9-6-3)90-108-96(101)84-81-78-75-72-69-66-64-61-59-57-55-53-50-48-41-39-37-35-33-31-29-26-23-20-17-14-11-8-5-2/h7-8,10-11,16-21,25-29,32-35,38-41,43-44,50,53,62,92-94,98-99H,4-6,9,12-15,22-24,30-31,36-37,42,45-49,51-52,54-61,63-91H2,1-3H3,(H,103,104)(H,105,106)/b10-7-,11-8-,19-16-,20-17-,21-18-,28-25-,29-26-,34-32-,35-33-,40-38-,41-39-,44-43-,53-50-,62-27-. The molecule has 0 saturated heterocycles. The van der Waals surface area contributed by atoms with Gasteiger partial charge >= 0.3 is 33.6 Å². The molecule has 0 heterocycles. The molecule has 16 nitrogen and oxygen atoms in total. The van der Waals surface area contributed by atoms with Gasteiger partial charge in [-0.2, -0.15) is 0 Å². The highest BCUT2D eigenvalue weighted by atomic mass is 31.2. The van der Waals surface area contributed by atoms with Gasteiger partial charge in [-0.1, -0.05) is 364 Å². The van der Waals surface area contributed by atoms with Crippen molar-refractivity contribution in [2.24, 2.45) is 0 Å². The predicted octanol–water partition coefficient (Wildman–Crippen LogP) is 27.9. The first-order valence-electron chi connectivity index (χ1n) is 45.4. The van der Waals surface area contributed by atoms with Crippen LogP contribution in [-0.2, 0) is 55.8 Å². The van der Waals surface area contributed by atoms with Crippen LogP contribution in [0.15, 0.2) is 170 Å². The van der Waals surface area contributed by atoms with E-state index in [2.05, 4.69) is 191 Å². The summed E-state index contributed by atoms with van der Waals surface area (Å²) in [5.74, 6) is -1.59. The van der Waals surface area contributed by atoms with Crippen LogP contribution in [0.5, 0.6) is 0 Å². The molecule has 5 atom stereocenters. The minimum atomic E-state index is -4.94. The molecule has 658 valence electrons. The summed E-state index contributed by atoms with van der Waals surface area (Å²) in [7, 11) is -9.81. The van der Waals surface area contributed by atoms with Crippen LogP contribution in [0.25, 0.3) is 0 Å². The monoisotopic (exact) mass is 1650 g/mol.